The maximum Gasteiger partial charge on any atom is 0.252 e. The van der Waals surface area contributed by atoms with Crippen molar-refractivity contribution in [3.05, 3.63) is 56.4 Å². The molecule has 0 aliphatic heterocycles. The lowest BCUT2D eigenvalue weighted by atomic mass is 10.1. The molecule has 0 saturated heterocycles. The van der Waals surface area contributed by atoms with Crippen LogP contribution in [0.3, 0.4) is 0 Å². The first-order chi connectivity index (χ1) is 11.9. The fourth-order valence-electron chi connectivity index (χ4n) is 3.02. The predicted molar refractivity (Wildman–Crippen MR) is 100 cm³/mol. The molecule has 0 aliphatic rings. The summed E-state index contributed by atoms with van der Waals surface area (Å²) in [5.74, 6) is 0.667. The van der Waals surface area contributed by atoms with Crippen LogP contribution in [0.2, 0.25) is 0 Å². The lowest BCUT2D eigenvalue weighted by Crippen LogP contribution is -2.31. The average molecular weight is 406 g/mol. The maximum absolute atomic E-state index is 12.4. The number of benzene rings is 1. The van der Waals surface area contributed by atoms with E-state index in [4.69, 9.17) is 4.74 Å². The molecule has 1 unspecified atom stereocenters. The van der Waals surface area contributed by atoms with E-state index in [1.165, 1.54) is 0 Å². The Bertz CT molecular complexity index is 960. The highest BCUT2D eigenvalue weighted by atomic mass is 79.9. The molecule has 1 atom stereocenters. The Hall–Kier alpha value is -2.12. The SMILES string of the molecule is Cc1cc(=O)n(CC(O)COc2ccc(Br)cc2)c2c1c(C)nn2C. The van der Waals surface area contributed by atoms with E-state index in [0.717, 1.165) is 21.1 Å². The summed E-state index contributed by atoms with van der Waals surface area (Å²) in [5, 5.41) is 15.7. The van der Waals surface area contributed by atoms with Gasteiger partial charge in [-0.25, -0.2) is 0 Å². The highest BCUT2D eigenvalue weighted by Gasteiger charge is 2.16. The second-order valence-corrected chi connectivity index (χ2v) is 7.02. The minimum absolute atomic E-state index is 0.0975. The minimum Gasteiger partial charge on any atom is -0.491 e. The molecule has 2 heterocycles. The fourth-order valence-corrected chi connectivity index (χ4v) is 3.28. The van der Waals surface area contributed by atoms with Gasteiger partial charge in [0.25, 0.3) is 5.56 Å². The standard InChI is InChI=1S/C18H20BrN3O3/c1-11-8-16(24)22(18-17(11)12(2)20-21(18)3)9-14(23)10-25-15-6-4-13(19)5-7-15/h4-8,14,23H,9-10H2,1-3H3. The summed E-state index contributed by atoms with van der Waals surface area (Å²) in [5.41, 5.74) is 2.31. The van der Waals surface area contributed by atoms with Crippen molar-refractivity contribution in [1.29, 1.82) is 0 Å². The van der Waals surface area contributed by atoms with Crippen molar-refractivity contribution in [3.8, 4) is 5.75 Å². The molecule has 1 N–H and O–H groups in total. The zero-order chi connectivity index (χ0) is 18.1. The van der Waals surface area contributed by atoms with Gasteiger partial charge in [0, 0.05) is 23.0 Å². The number of halogens is 1. The number of fused-ring (bicyclic) bond motifs is 1. The monoisotopic (exact) mass is 405 g/mol. The molecular formula is C18H20BrN3O3. The number of hydrogen-bond acceptors (Lipinski definition) is 4. The van der Waals surface area contributed by atoms with Crippen LogP contribution in [0.5, 0.6) is 5.75 Å². The first kappa shape index (κ1) is 17.7. The Balaban J connectivity index is 1.82. The van der Waals surface area contributed by atoms with Gasteiger partial charge in [0.05, 0.1) is 12.2 Å². The highest BCUT2D eigenvalue weighted by Crippen LogP contribution is 2.20. The van der Waals surface area contributed by atoms with Gasteiger partial charge in [-0.3, -0.25) is 14.0 Å². The number of pyridine rings is 1. The van der Waals surface area contributed by atoms with Crippen LogP contribution in [0.4, 0.5) is 0 Å². The molecule has 25 heavy (non-hydrogen) atoms. The van der Waals surface area contributed by atoms with Crippen molar-refractivity contribution in [2.75, 3.05) is 6.61 Å². The van der Waals surface area contributed by atoms with E-state index in [-0.39, 0.29) is 18.7 Å². The molecule has 0 radical (unpaired) electrons. The molecule has 0 spiro atoms. The fraction of sp³-hybridized carbons (Fsp3) is 0.333. The van der Waals surface area contributed by atoms with Gasteiger partial charge in [-0.05, 0) is 43.7 Å². The van der Waals surface area contributed by atoms with Crippen molar-refractivity contribution in [2.45, 2.75) is 26.5 Å². The van der Waals surface area contributed by atoms with Crippen molar-refractivity contribution in [3.63, 3.8) is 0 Å². The Morgan fingerprint density at radius 1 is 1.28 bits per heavy atom. The molecule has 0 fully saturated rings. The number of aromatic nitrogens is 3. The average Bonchev–Trinajstić information content (AvgIpc) is 2.85. The highest BCUT2D eigenvalue weighted by molar-refractivity contribution is 9.10. The zero-order valence-electron chi connectivity index (χ0n) is 14.4. The van der Waals surface area contributed by atoms with Gasteiger partial charge in [0.1, 0.15) is 24.1 Å². The molecule has 2 aromatic heterocycles. The number of ether oxygens (including phenoxy) is 1. The summed E-state index contributed by atoms with van der Waals surface area (Å²) in [7, 11) is 1.80. The summed E-state index contributed by atoms with van der Waals surface area (Å²) in [6.07, 6.45) is -0.817. The normalized spacial score (nSPS) is 12.5. The van der Waals surface area contributed by atoms with E-state index in [9.17, 15) is 9.90 Å². The summed E-state index contributed by atoms with van der Waals surface area (Å²) in [6.45, 7) is 4.05. The Morgan fingerprint density at radius 2 is 1.96 bits per heavy atom. The maximum atomic E-state index is 12.4. The number of hydrogen-bond donors (Lipinski definition) is 1. The molecule has 0 bridgehead atoms. The molecule has 132 valence electrons. The summed E-state index contributed by atoms with van der Waals surface area (Å²) < 4.78 is 9.79. The summed E-state index contributed by atoms with van der Waals surface area (Å²) in [4.78, 5) is 12.4. The van der Waals surface area contributed by atoms with E-state index in [1.807, 2.05) is 38.1 Å². The molecule has 3 aromatic rings. The van der Waals surface area contributed by atoms with Crippen molar-refractivity contribution in [2.24, 2.45) is 7.05 Å². The predicted octanol–water partition coefficient (Wildman–Crippen LogP) is 2.55. The largest absolute Gasteiger partial charge is 0.491 e. The smallest absolute Gasteiger partial charge is 0.252 e. The molecule has 0 amide bonds. The van der Waals surface area contributed by atoms with Crippen LogP contribution in [0.25, 0.3) is 11.0 Å². The third-order valence-corrected chi connectivity index (χ3v) is 4.63. The zero-order valence-corrected chi connectivity index (χ0v) is 15.9. The molecule has 7 heteroatoms. The van der Waals surface area contributed by atoms with Gasteiger partial charge < -0.3 is 9.84 Å². The molecule has 0 saturated carbocycles. The Labute approximate surface area is 153 Å². The lowest BCUT2D eigenvalue weighted by Gasteiger charge is -2.16. The van der Waals surface area contributed by atoms with Crippen LogP contribution >= 0.6 is 15.9 Å². The molecule has 1 aromatic carbocycles. The van der Waals surface area contributed by atoms with Crippen LogP contribution < -0.4 is 10.3 Å². The first-order valence-electron chi connectivity index (χ1n) is 7.97. The van der Waals surface area contributed by atoms with Crippen LogP contribution in [-0.2, 0) is 13.6 Å². The van der Waals surface area contributed by atoms with E-state index in [1.54, 1.807) is 22.4 Å². The number of aliphatic hydroxyl groups excluding tert-OH is 1. The first-order valence-corrected chi connectivity index (χ1v) is 8.76. The topological polar surface area (TPSA) is 69.3 Å². The van der Waals surface area contributed by atoms with Crippen LogP contribution in [0.1, 0.15) is 11.3 Å². The number of aryl methyl sites for hydroxylation is 3. The van der Waals surface area contributed by atoms with Gasteiger partial charge >= 0.3 is 0 Å². The number of rotatable bonds is 5. The van der Waals surface area contributed by atoms with Gasteiger partial charge in [-0.2, -0.15) is 5.10 Å². The van der Waals surface area contributed by atoms with Gasteiger partial charge in [-0.15, -0.1) is 0 Å². The quantitative estimate of drug-likeness (QED) is 0.707. The number of aliphatic hydroxyl groups is 1. The van der Waals surface area contributed by atoms with Gasteiger partial charge in [0.2, 0.25) is 0 Å². The molecule has 0 aliphatic carbocycles. The summed E-state index contributed by atoms with van der Waals surface area (Å²) in [6, 6.07) is 8.96. The van der Waals surface area contributed by atoms with E-state index >= 15 is 0 Å². The lowest BCUT2D eigenvalue weighted by molar-refractivity contribution is 0.0924. The second kappa shape index (κ2) is 7.01. The van der Waals surface area contributed by atoms with E-state index in [2.05, 4.69) is 21.0 Å². The molecule has 6 nitrogen and oxygen atoms in total. The van der Waals surface area contributed by atoms with Crippen LogP contribution in [-0.4, -0.2) is 32.2 Å². The Morgan fingerprint density at radius 3 is 2.64 bits per heavy atom. The van der Waals surface area contributed by atoms with Crippen molar-refractivity contribution in [1.82, 2.24) is 14.3 Å². The minimum atomic E-state index is -0.817. The Kier molecular flexibility index (Phi) is 4.96. The van der Waals surface area contributed by atoms with Gasteiger partial charge in [-0.1, -0.05) is 15.9 Å². The third-order valence-electron chi connectivity index (χ3n) is 4.10. The van der Waals surface area contributed by atoms with Crippen molar-refractivity contribution >= 4 is 27.0 Å². The van der Waals surface area contributed by atoms with Crippen LogP contribution in [0.15, 0.2) is 39.6 Å². The van der Waals surface area contributed by atoms with Crippen LogP contribution in [0, 0.1) is 13.8 Å². The van der Waals surface area contributed by atoms with E-state index < -0.39 is 6.10 Å². The van der Waals surface area contributed by atoms with Gasteiger partial charge in [0.15, 0.2) is 0 Å². The van der Waals surface area contributed by atoms with Crippen molar-refractivity contribution < 1.29 is 9.84 Å². The third kappa shape index (κ3) is 3.62. The number of nitrogens with zero attached hydrogens (tertiary/aromatic N) is 3. The molecule has 3 rings (SSSR count). The van der Waals surface area contributed by atoms with E-state index in [0.29, 0.717) is 11.4 Å². The second-order valence-electron chi connectivity index (χ2n) is 6.10. The molecular weight excluding hydrogens is 386 g/mol. The summed E-state index contributed by atoms with van der Waals surface area (Å²) >= 11 is 3.36.